The molecule has 0 saturated carbocycles. The summed E-state index contributed by atoms with van der Waals surface area (Å²) in [6.45, 7) is 2.23. The molecule has 3 heterocycles. The van der Waals surface area contributed by atoms with Crippen molar-refractivity contribution < 1.29 is 23.8 Å². The highest BCUT2D eigenvalue weighted by atomic mass is 16.5. The Hall–Kier alpha value is -4.04. The minimum Gasteiger partial charge on any atom is -0.489 e. The molecule has 1 aliphatic heterocycles. The topological polar surface area (TPSA) is 99.0 Å². The van der Waals surface area contributed by atoms with Crippen molar-refractivity contribution >= 4 is 22.8 Å². The number of aromatic amines is 1. The van der Waals surface area contributed by atoms with Gasteiger partial charge in [0.15, 0.2) is 5.76 Å². The number of rotatable bonds is 7. The van der Waals surface area contributed by atoms with Gasteiger partial charge in [-0.05, 0) is 29.8 Å². The number of piperazine rings is 1. The number of nitrogens with zero attached hydrogens (tertiary/aromatic N) is 2. The van der Waals surface area contributed by atoms with Crippen molar-refractivity contribution in [1.29, 1.82) is 0 Å². The molecule has 1 aliphatic rings. The Morgan fingerprint density at radius 1 is 1.03 bits per heavy atom. The summed E-state index contributed by atoms with van der Waals surface area (Å²) in [5.74, 6) is -0.0883. The Bertz CT molecular complexity index is 1270. The highest BCUT2D eigenvalue weighted by Crippen LogP contribution is 2.32. The Kier molecular flexibility index (Phi) is 6.05. The highest BCUT2D eigenvalue weighted by molar-refractivity contribution is 5.92. The lowest BCUT2D eigenvalue weighted by Gasteiger charge is -2.37. The molecule has 0 spiro atoms. The van der Waals surface area contributed by atoms with E-state index in [4.69, 9.17) is 9.15 Å². The van der Waals surface area contributed by atoms with E-state index in [0.29, 0.717) is 49.9 Å². The Balaban J connectivity index is 1.30. The maximum absolute atomic E-state index is 12.5. The lowest BCUT2D eigenvalue weighted by Crippen LogP contribution is -2.50. The monoisotopic (exact) mass is 459 g/mol. The molecule has 34 heavy (non-hydrogen) atoms. The zero-order valence-electron chi connectivity index (χ0n) is 18.5. The first-order valence-electron chi connectivity index (χ1n) is 11.2. The second kappa shape index (κ2) is 9.44. The standard InChI is InChI=1S/C26H25N3O5/c30-25(23-7-4-14-33-23)29-12-10-28(11-13-29)24(26(31)32)21-16-27-22-15-19(8-9-20(21)22)34-17-18-5-2-1-3-6-18/h1-9,14-16,24,27H,10-13,17H2,(H,31,32)/t24-/m0/s1. The Labute approximate surface area is 196 Å². The molecule has 5 rings (SSSR count). The number of benzene rings is 2. The van der Waals surface area contributed by atoms with Gasteiger partial charge in [0, 0.05) is 54.9 Å². The normalized spacial score (nSPS) is 15.4. The average molecular weight is 460 g/mol. The number of hydrogen-bond acceptors (Lipinski definition) is 5. The van der Waals surface area contributed by atoms with E-state index in [9.17, 15) is 14.7 Å². The first-order chi connectivity index (χ1) is 16.6. The van der Waals surface area contributed by atoms with Gasteiger partial charge in [-0.15, -0.1) is 0 Å². The van der Waals surface area contributed by atoms with Crippen LogP contribution in [-0.4, -0.2) is 57.9 Å². The van der Waals surface area contributed by atoms with Crippen LogP contribution >= 0.6 is 0 Å². The summed E-state index contributed by atoms with van der Waals surface area (Å²) in [4.78, 5) is 31.6. The first kappa shape index (κ1) is 21.8. The molecule has 0 unspecified atom stereocenters. The van der Waals surface area contributed by atoms with Crippen LogP contribution in [0.1, 0.15) is 27.7 Å². The van der Waals surface area contributed by atoms with Crippen molar-refractivity contribution in [2.75, 3.05) is 26.2 Å². The van der Waals surface area contributed by atoms with E-state index in [-0.39, 0.29) is 5.91 Å². The molecule has 1 amide bonds. The minimum atomic E-state index is -0.920. The third-order valence-corrected chi connectivity index (χ3v) is 6.16. The fraction of sp³-hybridized carbons (Fsp3) is 0.231. The molecule has 0 bridgehead atoms. The van der Waals surface area contributed by atoms with E-state index in [1.54, 1.807) is 23.2 Å². The van der Waals surface area contributed by atoms with Gasteiger partial charge in [-0.1, -0.05) is 30.3 Å². The van der Waals surface area contributed by atoms with Gasteiger partial charge in [0.2, 0.25) is 0 Å². The predicted octanol–water partition coefficient (Wildman–Crippen LogP) is 3.92. The molecule has 1 fully saturated rings. The summed E-state index contributed by atoms with van der Waals surface area (Å²) in [5, 5.41) is 10.9. The molecule has 1 atom stereocenters. The van der Waals surface area contributed by atoms with E-state index >= 15 is 0 Å². The lowest BCUT2D eigenvalue weighted by atomic mass is 10.0. The van der Waals surface area contributed by atoms with E-state index < -0.39 is 12.0 Å². The maximum Gasteiger partial charge on any atom is 0.325 e. The van der Waals surface area contributed by atoms with E-state index in [1.165, 1.54) is 6.26 Å². The molecule has 2 aromatic heterocycles. The number of ether oxygens (including phenoxy) is 1. The number of aliphatic carboxylic acids is 1. The third-order valence-electron chi connectivity index (χ3n) is 6.16. The molecule has 174 valence electrons. The van der Waals surface area contributed by atoms with Crippen molar-refractivity contribution in [1.82, 2.24) is 14.8 Å². The number of carbonyl (C=O) groups is 2. The van der Waals surface area contributed by atoms with Gasteiger partial charge in [-0.25, -0.2) is 0 Å². The summed E-state index contributed by atoms with van der Waals surface area (Å²) >= 11 is 0. The lowest BCUT2D eigenvalue weighted by molar-refractivity contribution is -0.144. The van der Waals surface area contributed by atoms with Gasteiger partial charge < -0.3 is 24.1 Å². The van der Waals surface area contributed by atoms with Crippen molar-refractivity contribution in [3.8, 4) is 5.75 Å². The van der Waals surface area contributed by atoms with E-state index in [0.717, 1.165) is 16.5 Å². The van der Waals surface area contributed by atoms with Gasteiger partial charge in [-0.3, -0.25) is 14.5 Å². The van der Waals surface area contributed by atoms with Crippen LogP contribution in [0.25, 0.3) is 10.9 Å². The molecule has 8 nitrogen and oxygen atoms in total. The number of carboxylic acid groups (broad SMARTS) is 1. The van der Waals surface area contributed by atoms with Crippen LogP contribution in [0.4, 0.5) is 0 Å². The molecule has 8 heteroatoms. The predicted molar refractivity (Wildman–Crippen MR) is 126 cm³/mol. The second-order valence-corrected chi connectivity index (χ2v) is 8.27. The van der Waals surface area contributed by atoms with E-state index in [2.05, 4.69) is 4.98 Å². The first-order valence-corrected chi connectivity index (χ1v) is 11.2. The fourth-order valence-electron chi connectivity index (χ4n) is 4.41. The minimum absolute atomic E-state index is 0.174. The molecule has 4 aromatic rings. The Morgan fingerprint density at radius 3 is 2.53 bits per heavy atom. The van der Waals surface area contributed by atoms with Crippen LogP contribution in [0.5, 0.6) is 5.75 Å². The number of nitrogens with one attached hydrogen (secondary N) is 1. The molecule has 1 saturated heterocycles. The molecular formula is C26H25N3O5. The number of H-pyrrole nitrogens is 1. The molecular weight excluding hydrogens is 434 g/mol. The van der Waals surface area contributed by atoms with Crippen LogP contribution in [0.2, 0.25) is 0 Å². The third kappa shape index (κ3) is 4.40. The molecule has 2 aromatic carbocycles. The summed E-state index contributed by atoms with van der Waals surface area (Å²) < 4.78 is 11.1. The van der Waals surface area contributed by atoms with Crippen LogP contribution in [0, 0.1) is 0 Å². The van der Waals surface area contributed by atoms with Crippen molar-refractivity contribution in [2.24, 2.45) is 0 Å². The number of fused-ring (bicyclic) bond motifs is 1. The van der Waals surface area contributed by atoms with Crippen LogP contribution in [0.15, 0.2) is 77.5 Å². The number of aromatic nitrogens is 1. The van der Waals surface area contributed by atoms with Crippen molar-refractivity contribution in [3.05, 3.63) is 90.0 Å². The van der Waals surface area contributed by atoms with E-state index in [1.807, 2.05) is 53.4 Å². The van der Waals surface area contributed by atoms with Gasteiger partial charge >= 0.3 is 5.97 Å². The van der Waals surface area contributed by atoms with Gasteiger partial charge in [0.05, 0.1) is 6.26 Å². The maximum atomic E-state index is 12.5. The Morgan fingerprint density at radius 2 is 1.82 bits per heavy atom. The summed E-state index contributed by atoms with van der Waals surface area (Å²) in [7, 11) is 0. The van der Waals surface area contributed by atoms with Crippen molar-refractivity contribution in [3.63, 3.8) is 0 Å². The summed E-state index contributed by atoms with van der Waals surface area (Å²) in [6, 6.07) is 18.1. The molecule has 2 N–H and O–H groups in total. The number of carboxylic acids is 1. The number of hydrogen-bond donors (Lipinski definition) is 2. The van der Waals surface area contributed by atoms with Crippen LogP contribution in [0.3, 0.4) is 0 Å². The number of amides is 1. The number of furan rings is 1. The fourth-order valence-corrected chi connectivity index (χ4v) is 4.41. The SMILES string of the molecule is O=C(O)[C@H](c1c[nH]c2cc(OCc3ccccc3)ccc12)N1CCN(C(=O)c2ccco2)CC1. The summed E-state index contributed by atoms with van der Waals surface area (Å²) in [5.41, 5.74) is 2.59. The van der Waals surface area contributed by atoms with Crippen LogP contribution < -0.4 is 4.74 Å². The number of carbonyl (C=O) groups excluding carboxylic acids is 1. The molecule has 0 radical (unpaired) electrons. The largest absolute Gasteiger partial charge is 0.489 e. The van der Waals surface area contributed by atoms with Gasteiger partial charge in [0.1, 0.15) is 18.4 Å². The van der Waals surface area contributed by atoms with Crippen molar-refractivity contribution in [2.45, 2.75) is 12.6 Å². The zero-order valence-corrected chi connectivity index (χ0v) is 18.5. The quantitative estimate of drug-likeness (QED) is 0.435. The average Bonchev–Trinajstić information content (AvgIpc) is 3.54. The van der Waals surface area contributed by atoms with Crippen LogP contribution in [-0.2, 0) is 11.4 Å². The second-order valence-electron chi connectivity index (χ2n) is 8.27. The zero-order chi connectivity index (χ0) is 23.5. The summed E-state index contributed by atoms with van der Waals surface area (Å²) in [6.07, 6.45) is 3.23. The van der Waals surface area contributed by atoms with Gasteiger partial charge in [-0.2, -0.15) is 0 Å². The smallest absolute Gasteiger partial charge is 0.325 e. The highest BCUT2D eigenvalue weighted by Gasteiger charge is 2.33. The molecule has 0 aliphatic carbocycles. The van der Waals surface area contributed by atoms with Gasteiger partial charge in [0.25, 0.3) is 5.91 Å².